The number of likely N-dealkylation sites (tertiary alicyclic amines) is 1. The van der Waals surface area contributed by atoms with Crippen LogP contribution >= 0.6 is 0 Å². The second-order valence-electron chi connectivity index (χ2n) is 7.64. The number of carboxylic acid groups (broad SMARTS) is 1. The van der Waals surface area contributed by atoms with E-state index in [1.807, 2.05) is 0 Å². The summed E-state index contributed by atoms with van der Waals surface area (Å²) in [6.07, 6.45) is 4.91. The van der Waals surface area contributed by atoms with E-state index in [4.69, 9.17) is 10.8 Å². The van der Waals surface area contributed by atoms with E-state index in [-0.39, 0.29) is 0 Å². The van der Waals surface area contributed by atoms with Gasteiger partial charge in [0.05, 0.1) is 0 Å². The maximum Gasteiger partial charge on any atom is 0.303 e. The van der Waals surface area contributed by atoms with Crippen LogP contribution in [0.1, 0.15) is 37.7 Å². The summed E-state index contributed by atoms with van der Waals surface area (Å²) in [7, 11) is 0. The molecule has 2 heterocycles. The van der Waals surface area contributed by atoms with Crippen molar-refractivity contribution in [3.63, 3.8) is 0 Å². The van der Waals surface area contributed by atoms with Gasteiger partial charge in [-0.25, -0.2) is 0 Å². The molecule has 0 saturated carbocycles. The van der Waals surface area contributed by atoms with Crippen LogP contribution in [0, 0.1) is 11.8 Å². The normalized spacial score (nSPS) is 20.8. The van der Waals surface area contributed by atoms with Gasteiger partial charge in [0.1, 0.15) is 0 Å². The van der Waals surface area contributed by atoms with Gasteiger partial charge >= 0.3 is 5.97 Å². The van der Waals surface area contributed by atoms with E-state index < -0.39 is 5.97 Å². The zero-order valence-corrected chi connectivity index (χ0v) is 15.1. The van der Waals surface area contributed by atoms with Gasteiger partial charge in [-0.05, 0) is 68.3 Å². The summed E-state index contributed by atoms with van der Waals surface area (Å²) in [4.78, 5) is 15.9. The molecule has 0 aliphatic carbocycles. The van der Waals surface area contributed by atoms with E-state index >= 15 is 0 Å². The number of rotatable bonds is 6. The second-order valence-corrected chi connectivity index (χ2v) is 7.64. The lowest BCUT2D eigenvalue weighted by Crippen LogP contribution is -2.41. The SMILES string of the molecule is NCc1ccc(N2CCC(CN3CCC(CC(=O)O)CC3)CC2)cc1. The minimum Gasteiger partial charge on any atom is -0.481 e. The molecule has 3 rings (SSSR count). The van der Waals surface area contributed by atoms with Crippen molar-refractivity contribution >= 4 is 11.7 Å². The third-order valence-electron chi connectivity index (χ3n) is 5.84. The van der Waals surface area contributed by atoms with Gasteiger partial charge in [0, 0.05) is 38.3 Å². The molecule has 3 N–H and O–H groups in total. The van der Waals surface area contributed by atoms with Crippen molar-refractivity contribution in [2.45, 2.75) is 38.6 Å². The van der Waals surface area contributed by atoms with Crippen LogP contribution < -0.4 is 10.6 Å². The Kier molecular flexibility index (Phi) is 6.32. The summed E-state index contributed by atoms with van der Waals surface area (Å²) < 4.78 is 0. The highest BCUT2D eigenvalue weighted by molar-refractivity contribution is 5.67. The fraction of sp³-hybridized carbons (Fsp3) is 0.650. The van der Waals surface area contributed by atoms with E-state index in [0.717, 1.165) is 44.9 Å². The van der Waals surface area contributed by atoms with E-state index in [2.05, 4.69) is 34.1 Å². The van der Waals surface area contributed by atoms with Gasteiger partial charge in [0.15, 0.2) is 0 Å². The Labute approximate surface area is 150 Å². The van der Waals surface area contributed by atoms with Gasteiger partial charge in [0.25, 0.3) is 0 Å². The van der Waals surface area contributed by atoms with Crippen molar-refractivity contribution < 1.29 is 9.90 Å². The van der Waals surface area contributed by atoms with Gasteiger partial charge in [-0.3, -0.25) is 4.79 Å². The number of aliphatic carboxylic acids is 1. The zero-order valence-electron chi connectivity index (χ0n) is 15.1. The van der Waals surface area contributed by atoms with Crippen molar-refractivity contribution in [3.8, 4) is 0 Å². The average Bonchev–Trinajstić information content (AvgIpc) is 2.64. The largest absolute Gasteiger partial charge is 0.481 e. The van der Waals surface area contributed by atoms with Crippen LogP contribution in [-0.4, -0.2) is 48.7 Å². The topological polar surface area (TPSA) is 69.8 Å². The monoisotopic (exact) mass is 345 g/mol. The fourth-order valence-corrected chi connectivity index (χ4v) is 4.20. The van der Waals surface area contributed by atoms with Crippen LogP contribution in [0.3, 0.4) is 0 Å². The number of nitrogens with two attached hydrogens (primary N) is 1. The molecule has 0 bridgehead atoms. The summed E-state index contributed by atoms with van der Waals surface area (Å²) in [5.74, 6) is 0.507. The summed E-state index contributed by atoms with van der Waals surface area (Å²) >= 11 is 0. The lowest BCUT2D eigenvalue weighted by molar-refractivity contribution is -0.138. The quantitative estimate of drug-likeness (QED) is 0.829. The molecule has 1 aromatic carbocycles. The first-order valence-corrected chi connectivity index (χ1v) is 9.62. The van der Waals surface area contributed by atoms with Crippen molar-refractivity contribution in [1.82, 2.24) is 4.90 Å². The van der Waals surface area contributed by atoms with Crippen LogP contribution in [0.4, 0.5) is 5.69 Å². The van der Waals surface area contributed by atoms with Crippen LogP contribution in [0.25, 0.3) is 0 Å². The molecule has 0 amide bonds. The number of hydrogen-bond acceptors (Lipinski definition) is 4. The summed E-state index contributed by atoms with van der Waals surface area (Å²) in [5.41, 5.74) is 8.17. The van der Waals surface area contributed by atoms with Crippen molar-refractivity contribution in [2.24, 2.45) is 17.6 Å². The molecule has 0 radical (unpaired) electrons. The van der Waals surface area contributed by atoms with Gasteiger partial charge < -0.3 is 20.6 Å². The highest BCUT2D eigenvalue weighted by Crippen LogP contribution is 2.26. The predicted molar refractivity (Wildman–Crippen MR) is 101 cm³/mol. The van der Waals surface area contributed by atoms with Crippen LogP contribution in [-0.2, 0) is 11.3 Å². The van der Waals surface area contributed by atoms with E-state index in [1.165, 1.54) is 30.6 Å². The van der Waals surface area contributed by atoms with E-state index in [0.29, 0.717) is 18.9 Å². The fourth-order valence-electron chi connectivity index (χ4n) is 4.20. The molecule has 138 valence electrons. The zero-order chi connectivity index (χ0) is 17.6. The first kappa shape index (κ1) is 18.2. The van der Waals surface area contributed by atoms with Gasteiger partial charge in [-0.2, -0.15) is 0 Å². The standard InChI is InChI=1S/C20H31N3O2/c21-14-17-1-3-19(4-2-17)23-11-7-18(8-12-23)15-22-9-5-16(6-10-22)13-20(24)25/h1-4,16,18H,5-15,21H2,(H,24,25). The Morgan fingerprint density at radius 3 is 2.16 bits per heavy atom. The molecular weight excluding hydrogens is 314 g/mol. The molecule has 5 heteroatoms. The molecule has 0 aromatic heterocycles. The Balaban J connectivity index is 1.40. The lowest BCUT2D eigenvalue weighted by Gasteiger charge is -2.38. The van der Waals surface area contributed by atoms with Crippen molar-refractivity contribution in [1.29, 1.82) is 0 Å². The Morgan fingerprint density at radius 1 is 1.00 bits per heavy atom. The molecule has 25 heavy (non-hydrogen) atoms. The number of benzene rings is 1. The Morgan fingerprint density at radius 2 is 1.60 bits per heavy atom. The molecular formula is C20H31N3O2. The number of hydrogen-bond donors (Lipinski definition) is 2. The van der Waals surface area contributed by atoms with Crippen LogP contribution in [0.2, 0.25) is 0 Å². The van der Waals surface area contributed by atoms with Gasteiger partial charge in [-0.15, -0.1) is 0 Å². The molecule has 2 aliphatic rings. The third kappa shape index (κ3) is 5.19. The highest BCUT2D eigenvalue weighted by atomic mass is 16.4. The van der Waals surface area contributed by atoms with E-state index in [9.17, 15) is 4.79 Å². The van der Waals surface area contributed by atoms with Gasteiger partial charge in [-0.1, -0.05) is 12.1 Å². The number of carboxylic acids is 1. The molecule has 0 unspecified atom stereocenters. The first-order chi connectivity index (χ1) is 12.1. The molecule has 5 nitrogen and oxygen atoms in total. The Bertz CT molecular complexity index is 545. The minimum absolute atomic E-state index is 0.342. The second kappa shape index (κ2) is 8.68. The maximum absolute atomic E-state index is 10.8. The molecule has 2 fully saturated rings. The molecule has 2 saturated heterocycles. The smallest absolute Gasteiger partial charge is 0.303 e. The van der Waals surface area contributed by atoms with Crippen molar-refractivity contribution in [2.75, 3.05) is 37.6 Å². The predicted octanol–water partition coefficient (Wildman–Crippen LogP) is 2.55. The lowest BCUT2D eigenvalue weighted by atomic mass is 9.91. The van der Waals surface area contributed by atoms with Gasteiger partial charge in [0.2, 0.25) is 0 Å². The third-order valence-corrected chi connectivity index (χ3v) is 5.84. The first-order valence-electron chi connectivity index (χ1n) is 9.62. The molecule has 1 aromatic rings. The van der Waals surface area contributed by atoms with E-state index in [1.54, 1.807) is 0 Å². The van der Waals surface area contributed by atoms with Crippen LogP contribution in [0.15, 0.2) is 24.3 Å². The number of carbonyl (C=O) groups is 1. The maximum atomic E-state index is 10.8. The summed E-state index contributed by atoms with van der Waals surface area (Å²) in [5, 5.41) is 8.92. The highest BCUT2D eigenvalue weighted by Gasteiger charge is 2.25. The van der Waals surface area contributed by atoms with Crippen molar-refractivity contribution in [3.05, 3.63) is 29.8 Å². The molecule has 0 atom stereocenters. The Hall–Kier alpha value is -1.59. The molecule has 0 spiro atoms. The van der Waals surface area contributed by atoms with Crippen LogP contribution in [0.5, 0.6) is 0 Å². The molecule has 2 aliphatic heterocycles. The minimum atomic E-state index is -0.648. The number of piperidine rings is 2. The summed E-state index contributed by atoms with van der Waals surface area (Å²) in [6, 6.07) is 8.64. The summed E-state index contributed by atoms with van der Waals surface area (Å²) in [6.45, 7) is 6.17. The average molecular weight is 345 g/mol. The number of nitrogens with zero attached hydrogens (tertiary/aromatic N) is 2. The number of anilines is 1.